The molecule has 1 aliphatic heterocycles. The van der Waals surface area contributed by atoms with Gasteiger partial charge < -0.3 is 15.7 Å². The van der Waals surface area contributed by atoms with Crippen molar-refractivity contribution in [3.63, 3.8) is 0 Å². The number of aliphatic hydroxyl groups is 1. The van der Waals surface area contributed by atoms with Gasteiger partial charge in [-0.15, -0.1) is 11.3 Å². The van der Waals surface area contributed by atoms with E-state index in [4.69, 9.17) is 0 Å². The van der Waals surface area contributed by atoms with Crippen LogP contribution in [0.3, 0.4) is 0 Å². The Morgan fingerprint density at radius 3 is 2.68 bits per heavy atom. The zero-order valence-electron chi connectivity index (χ0n) is 13.0. The topological polar surface area (TPSA) is 74.2 Å². The molecule has 3 N–H and O–H groups in total. The van der Waals surface area contributed by atoms with Crippen molar-refractivity contribution >= 4 is 17.2 Å². The molecule has 1 amide bonds. The zero-order chi connectivity index (χ0) is 18.0. The van der Waals surface area contributed by atoms with Gasteiger partial charge in [-0.3, -0.25) is 4.79 Å². The molecule has 2 heterocycles. The molecule has 3 rings (SSSR count). The first-order chi connectivity index (χ1) is 11.8. The molecule has 1 aromatic carbocycles. The zero-order valence-corrected chi connectivity index (χ0v) is 13.8. The summed E-state index contributed by atoms with van der Waals surface area (Å²) < 4.78 is 37.7. The Bertz CT molecular complexity index is 746. The fourth-order valence-corrected chi connectivity index (χ4v) is 3.37. The van der Waals surface area contributed by atoms with E-state index in [0.29, 0.717) is 29.2 Å². The first-order valence-electron chi connectivity index (χ1n) is 7.64. The second kappa shape index (κ2) is 7.11. The molecule has 1 aromatic heterocycles. The summed E-state index contributed by atoms with van der Waals surface area (Å²) in [7, 11) is 0. The fourth-order valence-electron chi connectivity index (χ4n) is 2.54. The smallest absolute Gasteiger partial charge is 0.392 e. The molecule has 1 aliphatic rings. The van der Waals surface area contributed by atoms with Gasteiger partial charge in [0.15, 0.2) is 0 Å². The van der Waals surface area contributed by atoms with Crippen LogP contribution in [0.4, 0.5) is 13.2 Å². The summed E-state index contributed by atoms with van der Waals surface area (Å²) in [6.07, 6.45) is -4.50. The van der Waals surface area contributed by atoms with Crippen LogP contribution in [-0.4, -0.2) is 34.7 Å². The van der Waals surface area contributed by atoms with Crippen molar-refractivity contribution in [2.45, 2.75) is 31.3 Å². The SMILES string of the molecule is O=C(NCc1csc(-c2ccc(C(F)(F)F)cc2)n1)[C@H]1C[C@H](O)CN1. The van der Waals surface area contributed by atoms with Crippen LogP contribution in [0.2, 0.25) is 0 Å². The number of hydrogen-bond acceptors (Lipinski definition) is 5. The Kier molecular flexibility index (Phi) is 5.07. The molecule has 0 aliphatic carbocycles. The average Bonchev–Trinajstić information content (AvgIpc) is 3.21. The summed E-state index contributed by atoms with van der Waals surface area (Å²) in [4.78, 5) is 16.3. The van der Waals surface area contributed by atoms with Gasteiger partial charge in [0.1, 0.15) is 5.01 Å². The Morgan fingerprint density at radius 2 is 2.08 bits per heavy atom. The minimum atomic E-state index is -4.36. The number of amides is 1. The molecule has 1 fully saturated rings. The second-order valence-corrected chi connectivity index (χ2v) is 6.65. The number of aliphatic hydroxyl groups excluding tert-OH is 1. The molecular formula is C16H16F3N3O2S. The number of nitrogens with zero attached hydrogens (tertiary/aromatic N) is 1. The Morgan fingerprint density at radius 1 is 1.36 bits per heavy atom. The molecule has 0 unspecified atom stereocenters. The van der Waals surface area contributed by atoms with E-state index in [1.807, 2.05) is 0 Å². The third-order valence-corrected chi connectivity index (χ3v) is 4.82. The van der Waals surface area contributed by atoms with E-state index in [2.05, 4.69) is 15.6 Å². The predicted molar refractivity (Wildman–Crippen MR) is 86.8 cm³/mol. The third-order valence-electron chi connectivity index (χ3n) is 3.88. The van der Waals surface area contributed by atoms with Gasteiger partial charge in [-0.05, 0) is 18.6 Å². The molecule has 0 saturated carbocycles. The number of carbonyl (C=O) groups is 1. The number of thiazole rings is 1. The summed E-state index contributed by atoms with van der Waals surface area (Å²) in [6.45, 7) is 0.622. The van der Waals surface area contributed by atoms with Gasteiger partial charge in [0.25, 0.3) is 0 Å². The highest BCUT2D eigenvalue weighted by Crippen LogP contribution is 2.31. The summed E-state index contributed by atoms with van der Waals surface area (Å²) >= 11 is 1.30. The van der Waals surface area contributed by atoms with E-state index in [-0.39, 0.29) is 12.5 Å². The number of halogens is 3. The maximum Gasteiger partial charge on any atom is 0.416 e. The van der Waals surface area contributed by atoms with Gasteiger partial charge in [0.05, 0.1) is 29.9 Å². The minimum Gasteiger partial charge on any atom is -0.392 e. The van der Waals surface area contributed by atoms with Gasteiger partial charge in [-0.1, -0.05) is 12.1 Å². The van der Waals surface area contributed by atoms with Crippen molar-refractivity contribution in [1.82, 2.24) is 15.6 Å². The summed E-state index contributed by atoms with van der Waals surface area (Å²) in [5.41, 5.74) is 0.523. The fraction of sp³-hybridized carbons (Fsp3) is 0.375. The molecule has 0 bridgehead atoms. The van der Waals surface area contributed by atoms with E-state index in [1.165, 1.54) is 23.5 Å². The van der Waals surface area contributed by atoms with Crippen molar-refractivity contribution in [1.29, 1.82) is 0 Å². The minimum absolute atomic E-state index is 0.208. The van der Waals surface area contributed by atoms with Crippen LogP contribution < -0.4 is 10.6 Å². The molecule has 0 radical (unpaired) electrons. The van der Waals surface area contributed by atoms with Crippen LogP contribution in [0.5, 0.6) is 0 Å². The lowest BCUT2D eigenvalue weighted by Crippen LogP contribution is -2.40. The lowest BCUT2D eigenvalue weighted by molar-refractivity contribution is -0.137. The lowest BCUT2D eigenvalue weighted by Gasteiger charge is -2.09. The monoisotopic (exact) mass is 371 g/mol. The van der Waals surface area contributed by atoms with Crippen LogP contribution in [0.25, 0.3) is 10.6 Å². The number of hydrogen-bond donors (Lipinski definition) is 3. The van der Waals surface area contributed by atoms with Crippen LogP contribution in [-0.2, 0) is 17.5 Å². The first kappa shape index (κ1) is 17.8. The van der Waals surface area contributed by atoms with Crippen LogP contribution in [0.1, 0.15) is 17.7 Å². The van der Waals surface area contributed by atoms with Gasteiger partial charge in [0.2, 0.25) is 5.91 Å². The summed E-state index contributed by atoms with van der Waals surface area (Å²) in [5.74, 6) is -0.208. The molecule has 2 aromatic rings. The van der Waals surface area contributed by atoms with Crippen LogP contribution >= 0.6 is 11.3 Å². The van der Waals surface area contributed by atoms with Gasteiger partial charge in [-0.25, -0.2) is 4.98 Å². The average molecular weight is 371 g/mol. The van der Waals surface area contributed by atoms with Crippen molar-refractivity contribution < 1.29 is 23.1 Å². The highest BCUT2D eigenvalue weighted by Gasteiger charge is 2.30. The van der Waals surface area contributed by atoms with Crippen molar-refractivity contribution in [2.24, 2.45) is 0 Å². The Hall–Kier alpha value is -1.97. The molecule has 25 heavy (non-hydrogen) atoms. The van der Waals surface area contributed by atoms with Gasteiger partial charge in [-0.2, -0.15) is 13.2 Å². The maximum atomic E-state index is 12.6. The molecule has 5 nitrogen and oxygen atoms in total. The summed E-state index contributed by atoms with van der Waals surface area (Å²) in [5, 5.41) is 17.4. The molecule has 0 spiro atoms. The Labute approximate surface area is 145 Å². The van der Waals surface area contributed by atoms with Crippen LogP contribution in [0, 0.1) is 0 Å². The number of alkyl halides is 3. The molecule has 2 atom stereocenters. The highest BCUT2D eigenvalue weighted by atomic mass is 32.1. The standard InChI is InChI=1S/C16H16F3N3O2S/c17-16(18,19)10-3-1-9(2-4-10)15-22-11(8-25-15)6-21-14(24)13-5-12(23)7-20-13/h1-4,8,12-13,20,23H,5-7H2,(H,21,24)/t12-,13+/m0/s1. The van der Waals surface area contributed by atoms with E-state index in [9.17, 15) is 23.1 Å². The quantitative estimate of drug-likeness (QED) is 0.770. The third kappa shape index (κ3) is 4.36. The normalized spacial score (nSPS) is 20.6. The summed E-state index contributed by atoms with van der Waals surface area (Å²) in [6, 6.07) is 4.40. The lowest BCUT2D eigenvalue weighted by atomic mass is 10.1. The number of aromatic nitrogens is 1. The van der Waals surface area contributed by atoms with Crippen LogP contribution in [0.15, 0.2) is 29.6 Å². The number of rotatable bonds is 4. The van der Waals surface area contributed by atoms with E-state index in [0.717, 1.165) is 12.1 Å². The van der Waals surface area contributed by atoms with Crippen molar-refractivity contribution in [3.05, 3.63) is 40.9 Å². The number of benzene rings is 1. The maximum absolute atomic E-state index is 12.6. The van der Waals surface area contributed by atoms with E-state index in [1.54, 1.807) is 5.38 Å². The second-order valence-electron chi connectivity index (χ2n) is 5.79. The molecule has 1 saturated heterocycles. The van der Waals surface area contributed by atoms with Gasteiger partial charge in [0, 0.05) is 17.5 Å². The number of β-amino-alcohol motifs (C(OH)–C–C–N with tert-alkyl or cyclic N) is 1. The highest BCUT2D eigenvalue weighted by molar-refractivity contribution is 7.13. The number of carbonyl (C=O) groups excluding carboxylic acids is 1. The van der Waals surface area contributed by atoms with Crippen molar-refractivity contribution in [3.8, 4) is 10.6 Å². The number of nitrogens with one attached hydrogen (secondary N) is 2. The molecule has 9 heteroatoms. The van der Waals surface area contributed by atoms with Crippen molar-refractivity contribution in [2.75, 3.05) is 6.54 Å². The van der Waals surface area contributed by atoms with Gasteiger partial charge >= 0.3 is 6.18 Å². The Balaban J connectivity index is 1.60. The van der Waals surface area contributed by atoms with E-state index < -0.39 is 23.9 Å². The molecular weight excluding hydrogens is 355 g/mol. The van der Waals surface area contributed by atoms with E-state index >= 15 is 0 Å². The largest absolute Gasteiger partial charge is 0.416 e. The first-order valence-corrected chi connectivity index (χ1v) is 8.52. The molecule has 134 valence electrons. The predicted octanol–water partition coefficient (Wildman–Crippen LogP) is 2.17.